The van der Waals surface area contributed by atoms with E-state index in [0.717, 1.165) is 50.0 Å². The lowest BCUT2D eigenvalue weighted by Gasteiger charge is -2.14. The van der Waals surface area contributed by atoms with E-state index < -0.39 is 6.37 Å². The second kappa shape index (κ2) is 7.21. The zero-order valence-electron chi connectivity index (χ0n) is 20.8. The Morgan fingerprint density at radius 2 is 1.82 bits per heavy atom. The van der Waals surface area contributed by atoms with Gasteiger partial charge in [-0.3, -0.25) is 0 Å². The highest BCUT2D eigenvalue weighted by Crippen LogP contribution is 2.43. The van der Waals surface area contributed by atoms with Crippen LogP contribution in [0.3, 0.4) is 0 Å². The van der Waals surface area contributed by atoms with Gasteiger partial charge < -0.3 is 9.32 Å². The molecule has 0 N–H and O–H groups in total. The average molecular weight is 433 g/mol. The molecular weight excluding hydrogens is 406 g/mol. The van der Waals surface area contributed by atoms with Crippen molar-refractivity contribution in [1.82, 2.24) is 0 Å². The maximum Gasteiger partial charge on any atom is 0.216 e. The first-order valence-electron chi connectivity index (χ1n) is 12.0. The number of nitriles is 1. The molecule has 33 heavy (non-hydrogen) atoms. The second-order valence-corrected chi connectivity index (χ2v) is 8.67. The van der Waals surface area contributed by atoms with Gasteiger partial charge in [-0.1, -0.05) is 24.3 Å². The summed E-state index contributed by atoms with van der Waals surface area (Å²) in [6, 6.07) is 22.2. The Bertz CT molecular complexity index is 1710. The number of likely N-dealkylation sites (N-methyl/N-ethyl adjacent to an activating group) is 1. The van der Waals surface area contributed by atoms with Gasteiger partial charge in [0.15, 0.2) is 6.20 Å². The zero-order valence-corrected chi connectivity index (χ0v) is 18.8. The molecule has 3 aromatic carbocycles. The summed E-state index contributed by atoms with van der Waals surface area (Å²) in [7, 11) is 3.92. The molecule has 1 aliphatic rings. The van der Waals surface area contributed by atoms with Crippen LogP contribution in [0.2, 0.25) is 0 Å². The van der Waals surface area contributed by atoms with Gasteiger partial charge in [-0.2, -0.15) is 5.26 Å². The standard InChI is InChI=1S/C29H24N3O/c1-18-7-11-22-23-12-10-21(17-30)27(20-9-8-19-13-15-32(3)25(19)16-20)29(23)33-28(22)26(18)24-6-4-5-14-31(24)2/h4-12,14,16H,13,15H2,1-3H3/q+1/i13D2. The van der Waals surface area contributed by atoms with Gasteiger partial charge in [0, 0.05) is 50.5 Å². The molecule has 0 amide bonds. The fraction of sp³-hybridized carbons (Fsp3) is 0.172. The number of hydrogen-bond donors (Lipinski definition) is 0. The van der Waals surface area contributed by atoms with E-state index >= 15 is 0 Å². The van der Waals surface area contributed by atoms with Crippen LogP contribution in [0, 0.1) is 18.3 Å². The molecule has 0 saturated heterocycles. The van der Waals surface area contributed by atoms with Crippen LogP contribution >= 0.6 is 0 Å². The molecule has 0 fully saturated rings. The summed E-state index contributed by atoms with van der Waals surface area (Å²) in [5.74, 6) is 0. The quantitative estimate of drug-likeness (QED) is 0.325. The van der Waals surface area contributed by atoms with E-state index in [1.165, 1.54) is 0 Å². The minimum atomic E-state index is -1.40. The smallest absolute Gasteiger partial charge is 0.216 e. The van der Waals surface area contributed by atoms with Crippen LogP contribution in [-0.2, 0) is 13.4 Å². The highest BCUT2D eigenvalue weighted by Gasteiger charge is 2.24. The number of anilines is 1. The lowest BCUT2D eigenvalue weighted by atomic mass is 9.95. The van der Waals surface area contributed by atoms with E-state index in [2.05, 4.69) is 35.8 Å². The Kier molecular flexibility index (Phi) is 3.82. The number of pyridine rings is 1. The Morgan fingerprint density at radius 3 is 2.61 bits per heavy atom. The zero-order chi connectivity index (χ0) is 24.5. The summed E-state index contributed by atoms with van der Waals surface area (Å²) in [5, 5.41) is 12.0. The van der Waals surface area contributed by atoms with Gasteiger partial charge in [-0.25, -0.2) is 4.57 Å². The summed E-state index contributed by atoms with van der Waals surface area (Å²) in [6.45, 7) is 2.39. The van der Waals surface area contributed by atoms with Gasteiger partial charge >= 0.3 is 0 Å². The van der Waals surface area contributed by atoms with Gasteiger partial charge in [0.05, 0.1) is 17.2 Å². The number of rotatable bonds is 2. The van der Waals surface area contributed by atoms with Crippen molar-refractivity contribution in [2.75, 3.05) is 18.5 Å². The third-order valence-corrected chi connectivity index (χ3v) is 6.65. The highest BCUT2D eigenvalue weighted by molar-refractivity contribution is 6.14. The second-order valence-electron chi connectivity index (χ2n) is 8.67. The monoisotopic (exact) mass is 432 g/mol. The van der Waals surface area contributed by atoms with E-state index in [9.17, 15) is 5.26 Å². The summed E-state index contributed by atoms with van der Waals surface area (Å²) in [5.41, 5.74) is 8.31. The fourth-order valence-electron chi connectivity index (χ4n) is 4.92. The molecule has 1 aliphatic heterocycles. The molecule has 6 rings (SSSR count). The number of hydrogen-bond acceptors (Lipinski definition) is 3. The Morgan fingerprint density at radius 1 is 1.03 bits per heavy atom. The van der Waals surface area contributed by atoms with Crippen molar-refractivity contribution in [3.05, 3.63) is 83.6 Å². The van der Waals surface area contributed by atoms with Gasteiger partial charge in [-0.15, -0.1) is 0 Å². The predicted octanol–water partition coefficient (Wildman–Crippen LogP) is 5.92. The molecular formula is C29H24N3O+. The van der Waals surface area contributed by atoms with Crippen molar-refractivity contribution in [2.24, 2.45) is 7.05 Å². The highest BCUT2D eigenvalue weighted by atomic mass is 16.3. The number of benzene rings is 3. The van der Waals surface area contributed by atoms with Crippen LogP contribution in [0.4, 0.5) is 5.69 Å². The minimum absolute atomic E-state index is 0.308. The molecule has 3 heterocycles. The van der Waals surface area contributed by atoms with Gasteiger partial charge in [0.1, 0.15) is 18.2 Å². The van der Waals surface area contributed by atoms with Gasteiger partial charge in [0.25, 0.3) is 0 Å². The topological polar surface area (TPSA) is 44.1 Å². The number of fused-ring (bicyclic) bond motifs is 4. The molecule has 4 nitrogen and oxygen atoms in total. The van der Waals surface area contributed by atoms with Crippen LogP contribution in [-0.4, -0.2) is 13.6 Å². The van der Waals surface area contributed by atoms with Crippen LogP contribution in [0.25, 0.3) is 44.3 Å². The third-order valence-electron chi connectivity index (χ3n) is 6.65. The minimum Gasteiger partial charge on any atom is -0.454 e. The summed E-state index contributed by atoms with van der Waals surface area (Å²) >= 11 is 0. The average Bonchev–Trinajstić information content (AvgIpc) is 3.32. The molecule has 0 radical (unpaired) electrons. The molecule has 5 aromatic rings. The van der Waals surface area contributed by atoms with Crippen molar-refractivity contribution >= 4 is 27.6 Å². The molecule has 4 heteroatoms. The van der Waals surface area contributed by atoms with Crippen molar-refractivity contribution in [2.45, 2.75) is 13.3 Å². The Balaban J connectivity index is 1.68. The SMILES string of the molecule is [2H]C1([2H])CN(C)c2cc(-c3c(C#N)ccc4c3oc3c(-c5cccc[n+]5C)c(C)ccc34)ccc21. The molecule has 0 atom stereocenters. The third kappa shape index (κ3) is 2.86. The molecule has 160 valence electrons. The summed E-state index contributed by atoms with van der Waals surface area (Å²) < 4.78 is 25.4. The molecule has 0 unspecified atom stereocenters. The van der Waals surface area contributed by atoms with Crippen LogP contribution < -0.4 is 9.47 Å². The Hall–Kier alpha value is -4.10. The Labute approximate surface area is 195 Å². The normalized spacial score (nSPS) is 15.4. The molecule has 0 aliphatic carbocycles. The molecule has 0 bridgehead atoms. The lowest BCUT2D eigenvalue weighted by molar-refractivity contribution is -0.660. The molecule has 0 spiro atoms. The first kappa shape index (κ1) is 17.5. The van der Waals surface area contributed by atoms with E-state index in [4.69, 9.17) is 7.16 Å². The number of nitrogens with zero attached hydrogens (tertiary/aromatic N) is 3. The molecule has 2 aromatic heterocycles. The van der Waals surface area contributed by atoms with E-state index in [1.54, 1.807) is 0 Å². The van der Waals surface area contributed by atoms with Crippen molar-refractivity contribution in [3.8, 4) is 28.5 Å². The van der Waals surface area contributed by atoms with Gasteiger partial charge in [-0.05, 0) is 54.3 Å². The van der Waals surface area contributed by atoms with E-state index in [-0.39, 0.29) is 0 Å². The van der Waals surface area contributed by atoms with Crippen molar-refractivity contribution < 1.29 is 11.7 Å². The first-order chi connectivity index (χ1) is 16.8. The number of furan rings is 1. The van der Waals surface area contributed by atoms with Crippen LogP contribution in [0.5, 0.6) is 0 Å². The fourth-order valence-corrected chi connectivity index (χ4v) is 4.92. The van der Waals surface area contributed by atoms with E-state index in [0.29, 0.717) is 23.3 Å². The lowest BCUT2D eigenvalue weighted by Crippen LogP contribution is -2.30. The van der Waals surface area contributed by atoms with Crippen molar-refractivity contribution in [3.63, 3.8) is 0 Å². The summed E-state index contributed by atoms with van der Waals surface area (Å²) in [6.07, 6.45) is 0.624. The number of aryl methyl sites for hydroxylation is 2. The maximum absolute atomic E-state index is 9.99. The molecule has 0 saturated carbocycles. The van der Waals surface area contributed by atoms with Gasteiger partial charge in [0.2, 0.25) is 5.69 Å². The van der Waals surface area contributed by atoms with Crippen molar-refractivity contribution in [1.29, 1.82) is 5.26 Å². The van der Waals surface area contributed by atoms with Crippen LogP contribution in [0.1, 0.15) is 19.4 Å². The van der Waals surface area contributed by atoms with Crippen LogP contribution in [0.15, 0.2) is 71.3 Å². The number of aromatic nitrogens is 1. The maximum atomic E-state index is 9.99. The van der Waals surface area contributed by atoms with E-state index in [1.807, 2.05) is 67.7 Å². The summed E-state index contributed by atoms with van der Waals surface area (Å²) in [4.78, 5) is 1.93. The largest absolute Gasteiger partial charge is 0.454 e. The first-order valence-corrected chi connectivity index (χ1v) is 11.0. The predicted molar refractivity (Wildman–Crippen MR) is 132 cm³/mol.